The molecule has 6 nitrogen and oxygen atoms in total. The molecule has 0 spiro atoms. The van der Waals surface area contributed by atoms with Crippen LogP contribution >= 0.6 is 0 Å². The first-order valence-corrected chi connectivity index (χ1v) is 5.86. The minimum Gasteiger partial charge on any atom is -0.497 e. The molecule has 1 aromatic heterocycles. The van der Waals surface area contributed by atoms with Crippen molar-refractivity contribution in [3.05, 3.63) is 53.6 Å². The molecule has 0 aliphatic carbocycles. The van der Waals surface area contributed by atoms with Crippen LogP contribution in [-0.4, -0.2) is 29.1 Å². The molecular formula is C14H11FN2O4. The lowest BCUT2D eigenvalue weighted by Crippen LogP contribution is -2.16. The number of carbonyl (C=O) groups excluding carboxylic acids is 1. The van der Waals surface area contributed by atoms with Gasteiger partial charge in [0.05, 0.1) is 23.9 Å². The van der Waals surface area contributed by atoms with Crippen molar-refractivity contribution in [2.24, 2.45) is 0 Å². The molecule has 0 saturated carbocycles. The van der Waals surface area contributed by atoms with E-state index < -0.39 is 17.8 Å². The van der Waals surface area contributed by atoms with Gasteiger partial charge in [0.15, 0.2) is 0 Å². The monoisotopic (exact) mass is 290 g/mol. The van der Waals surface area contributed by atoms with Crippen molar-refractivity contribution in [2.45, 2.75) is 0 Å². The van der Waals surface area contributed by atoms with E-state index in [0.29, 0.717) is 5.75 Å². The van der Waals surface area contributed by atoms with E-state index in [9.17, 15) is 14.0 Å². The number of benzene rings is 1. The van der Waals surface area contributed by atoms with Crippen molar-refractivity contribution in [1.82, 2.24) is 4.98 Å². The van der Waals surface area contributed by atoms with Gasteiger partial charge in [0, 0.05) is 6.20 Å². The van der Waals surface area contributed by atoms with Crippen LogP contribution in [0.4, 0.5) is 10.1 Å². The van der Waals surface area contributed by atoms with Crippen LogP contribution in [0, 0.1) is 5.95 Å². The zero-order chi connectivity index (χ0) is 15.4. The molecule has 21 heavy (non-hydrogen) atoms. The molecule has 2 aromatic rings. The van der Waals surface area contributed by atoms with Crippen molar-refractivity contribution < 1.29 is 23.8 Å². The number of ether oxygens (including phenoxy) is 1. The van der Waals surface area contributed by atoms with E-state index >= 15 is 0 Å². The SMILES string of the molecule is COc1ccc(NC(=O)c2cccnc2F)c(C(=O)O)c1. The number of nitrogens with one attached hydrogen (secondary N) is 1. The van der Waals surface area contributed by atoms with E-state index in [2.05, 4.69) is 10.3 Å². The van der Waals surface area contributed by atoms with Crippen LogP contribution in [0.3, 0.4) is 0 Å². The summed E-state index contributed by atoms with van der Waals surface area (Å²) in [6.07, 6.45) is 1.21. The molecule has 0 atom stereocenters. The zero-order valence-corrected chi connectivity index (χ0v) is 11.0. The Balaban J connectivity index is 2.33. The van der Waals surface area contributed by atoms with Crippen LogP contribution in [0.1, 0.15) is 20.7 Å². The summed E-state index contributed by atoms with van der Waals surface area (Å²) in [6, 6.07) is 6.78. The molecule has 7 heteroatoms. The third-order valence-corrected chi connectivity index (χ3v) is 2.71. The number of nitrogens with zero attached hydrogens (tertiary/aromatic N) is 1. The second-order valence-electron chi connectivity index (χ2n) is 4.01. The van der Waals surface area contributed by atoms with Gasteiger partial charge in [-0.05, 0) is 30.3 Å². The first-order chi connectivity index (χ1) is 10.0. The highest BCUT2D eigenvalue weighted by atomic mass is 19.1. The number of hydrogen-bond donors (Lipinski definition) is 2. The summed E-state index contributed by atoms with van der Waals surface area (Å²) in [5.41, 5.74) is -0.395. The molecule has 0 fully saturated rings. The minimum absolute atomic E-state index is 0.0385. The maximum Gasteiger partial charge on any atom is 0.337 e. The van der Waals surface area contributed by atoms with Crippen LogP contribution in [0.25, 0.3) is 0 Å². The molecule has 0 bridgehead atoms. The number of aromatic nitrogens is 1. The number of carboxylic acids is 1. The molecule has 0 saturated heterocycles. The van der Waals surface area contributed by atoms with Gasteiger partial charge in [0.25, 0.3) is 5.91 Å². The molecule has 108 valence electrons. The van der Waals surface area contributed by atoms with Crippen LogP contribution < -0.4 is 10.1 Å². The zero-order valence-electron chi connectivity index (χ0n) is 11.0. The van der Waals surface area contributed by atoms with Crippen LogP contribution in [0.5, 0.6) is 5.75 Å². The fourth-order valence-electron chi connectivity index (χ4n) is 1.68. The highest BCUT2D eigenvalue weighted by Gasteiger charge is 2.17. The summed E-state index contributed by atoms with van der Waals surface area (Å²) >= 11 is 0. The van der Waals surface area contributed by atoms with E-state index in [1.807, 2.05) is 0 Å². The van der Waals surface area contributed by atoms with Gasteiger partial charge in [-0.2, -0.15) is 4.39 Å². The lowest BCUT2D eigenvalue weighted by atomic mass is 10.1. The average Bonchev–Trinajstić information content (AvgIpc) is 2.47. The van der Waals surface area contributed by atoms with E-state index in [1.54, 1.807) is 0 Å². The van der Waals surface area contributed by atoms with Gasteiger partial charge in [-0.3, -0.25) is 4.79 Å². The summed E-state index contributed by atoms with van der Waals surface area (Å²) in [7, 11) is 1.39. The Bertz CT molecular complexity index is 703. The maximum absolute atomic E-state index is 13.4. The topological polar surface area (TPSA) is 88.5 Å². The Labute approximate surface area is 119 Å². The van der Waals surface area contributed by atoms with Crippen molar-refractivity contribution in [1.29, 1.82) is 0 Å². The number of carbonyl (C=O) groups is 2. The van der Waals surface area contributed by atoms with Crippen LogP contribution in [0.15, 0.2) is 36.5 Å². The number of anilines is 1. The van der Waals surface area contributed by atoms with Gasteiger partial charge in [0.1, 0.15) is 5.75 Å². The Hall–Kier alpha value is -2.96. The van der Waals surface area contributed by atoms with E-state index in [-0.39, 0.29) is 16.8 Å². The van der Waals surface area contributed by atoms with Crippen LogP contribution in [0.2, 0.25) is 0 Å². The van der Waals surface area contributed by atoms with Gasteiger partial charge in [-0.1, -0.05) is 0 Å². The van der Waals surface area contributed by atoms with Gasteiger partial charge in [0.2, 0.25) is 5.95 Å². The Kier molecular flexibility index (Phi) is 4.13. The fourth-order valence-corrected chi connectivity index (χ4v) is 1.68. The van der Waals surface area contributed by atoms with E-state index in [4.69, 9.17) is 9.84 Å². The lowest BCUT2D eigenvalue weighted by molar-refractivity contribution is 0.0697. The summed E-state index contributed by atoms with van der Waals surface area (Å²) in [5, 5.41) is 11.5. The fraction of sp³-hybridized carbons (Fsp3) is 0.0714. The predicted octanol–water partition coefficient (Wildman–Crippen LogP) is 2.18. The van der Waals surface area contributed by atoms with Crippen molar-refractivity contribution in [2.75, 3.05) is 12.4 Å². The Morgan fingerprint density at radius 3 is 2.67 bits per heavy atom. The van der Waals surface area contributed by atoms with Crippen molar-refractivity contribution >= 4 is 17.6 Å². The normalized spacial score (nSPS) is 10.0. The first kappa shape index (κ1) is 14.4. The number of rotatable bonds is 4. The highest BCUT2D eigenvalue weighted by molar-refractivity contribution is 6.07. The number of carboxylic acid groups (broad SMARTS) is 1. The van der Waals surface area contributed by atoms with Gasteiger partial charge < -0.3 is 15.2 Å². The molecule has 1 heterocycles. The number of pyridine rings is 1. The average molecular weight is 290 g/mol. The van der Waals surface area contributed by atoms with Crippen LogP contribution in [-0.2, 0) is 0 Å². The minimum atomic E-state index is -1.24. The number of methoxy groups -OCH3 is 1. The second kappa shape index (κ2) is 6.00. The largest absolute Gasteiger partial charge is 0.497 e. The number of hydrogen-bond acceptors (Lipinski definition) is 4. The third kappa shape index (κ3) is 3.14. The standard InChI is InChI=1S/C14H11FN2O4/c1-21-8-4-5-11(10(7-8)14(19)20)17-13(18)9-3-2-6-16-12(9)15/h2-7H,1H3,(H,17,18)(H,19,20). The molecule has 0 aliphatic rings. The molecule has 1 amide bonds. The molecule has 0 radical (unpaired) electrons. The van der Waals surface area contributed by atoms with E-state index in [0.717, 1.165) is 0 Å². The van der Waals surface area contributed by atoms with Gasteiger partial charge >= 0.3 is 5.97 Å². The molecule has 1 aromatic carbocycles. The van der Waals surface area contributed by atoms with E-state index in [1.165, 1.54) is 43.6 Å². The van der Waals surface area contributed by atoms with Crippen molar-refractivity contribution in [3.63, 3.8) is 0 Å². The summed E-state index contributed by atoms with van der Waals surface area (Å²) < 4.78 is 18.3. The lowest BCUT2D eigenvalue weighted by Gasteiger charge is -2.10. The smallest absolute Gasteiger partial charge is 0.337 e. The maximum atomic E-state index is 13.4. The first-order valence-electron chi connectivity index (χ1n) is 5.86. The second-order valence-corrected chi connectivity index (χ2v) is 4.01. The Morgan fingerprint density at radius 1 is 1.29 bits per heavy atom. The number of amides is 1. The predicted molar refractivity (Wildman–Crippen MR) is 72.1 cm³/mol. The van der Waals surface area contributed by atoms with Crippen molar-refractivity contribution in [3.8, 4) is 5.75 Å². The highest BCUT2D eigenvalue weighted by Crippen LogP contribution is 2.23. The Morgan fingerprint density at radius 2 is 2.05 bits per heavy atom. The summed E-state index contributed by atoms with van der Waals surface area (Å²) in [4.78, 5) is 26.5. The van der Waals surface area contributed by atoms with Gasteiger partial charge in [-0.15, -0.1) is 0 Å². The third-order valence-electron chi connectivity index (χ3n) is 2.71. The molecule has 0 aliphatic heterocycles. The summed E-state index contributed by atoms with van der Waals surface area (Å²) in [6.45, 7) is 0. The molecular weight excluding hydrogens is 279 g/mol. The molecule has 2 rings (SSSR count). The van der Waals surface area contributed by atoms with Gasteiger partial charge in [-0.25, -0.2) is 9.78 Å². The molecule has 0 unspecified atom stereocenters. The molecule has 2 N–H and O–H groups in total. The quantitative estimate of drug-likeness (QED) is 0.842. The number of halogens is 1. The summed E-state index contributed by atoms with van der Waals surface area (Å²) in [5.74, 6) is -2.62. The number of aromatic carboxylic acids is 1.